The normalized spacial score (nSPS) is 15.5. The molecule has 3 aromatic rings. The number of rotatable bonds is 10. The van der Waals surface area contributed by atoms with Crippen LogP contribution in [-0.4, -0.2) is 47.9 Å². The molecule has 0 spiro atoms. The van der Waals surface area contributed by atoms with Gasteiger partial charge in [-0.3, -0.25) is 0 Å². The van der Waals surface area contributed by atoms with Crippen LogP contribution in [0.3, 0.4) is 0 Å². The largest absolute Gasteiger partial charge is 0.482 e. The lowest BCUT2D eigenvalue weighted by Crippen LogP contribution is -2.39. The molecule has 1 N–H and O–H groups in total. The van der Waals surface area contributed by atoms with Crippen molar-refractivity contribution in [2.45, 2.75) is 24.8 Å². The molecule has 3 aromatic carbocycles. The smallest absolute Gasteiger partial charge is 0.410 e. The Balaban J connectivity index is 1.46. The van der Waals surface area contributed by atoms with E-state index < -0.39 is 5.97 Å². The summed E-state index contributed by atoms with van der Waals surface area (Å²) in [6, 6.07) is 27.8. The summed E-state index contributed by atoms with van der Waals surface area (Å²) in [6.07, 6.45) is 1.21. The van der Waals surface area contributed by atoms with Gasteiger partial charge in [-0.15, -0.1) is 0 Å². The molecule has 6 nitrogen and oxygen atoms in total. The van der Waals surface area contributed by atoms with E-state index in [-0.39, 0.29) is 24.7 Å². The summed E-state index contributed by atoms with van der Waals surface area (Å²) in [5.41, 5.74) is 3.34. The van der Waals surface area contributed by atoms with Crippen LogP contribution in [0.15, 0.2) is 84.9 Å². The van der Waals surface area contributed by atoms with E-state index in [2.05, 4.69) is 24.3 Å². The Morgan fingerprint density at radius 3 is 2.30 bits per heavy atom. The van der Waals surface area contributed by atoms with Crippen molar-refractivity contribution in [3.05, 3.63) is 102 Å². The number of nitrogens with zero attached hydrogens (tertiary/aromatic N) is 1. The van der Waals surface area contributed by atoms with Crippen LogP contribution < -0.4 is 4.74 Å². The molecular formula is C27H27NO5. The molecule has 0 radical (unpaired) electrons. The van der Waals surface area contributed by atoms with Crippen molar-refractivity contribution in [3.8, 4) is 5.75 Å². The van der Waals surface area contributed by atoms with Crippen molar-refractivity contribution in [2.24, 2.45) is 0 Å². The predicted molar refractivity (Wildman–Crippen MR) is 124 cm³/mol. The van der Waals surface area contributed by atoms with Gasteiger partial charge in [0.05, 0.1) is 6.04 Å². The molecule has 1 atom stereocenters. The van der Waals surface area contributed by atoms with Crippen molar-refractivity contribution < 1.29 is 24.2 Å². The van der Waals surface area contributed by atoms with E-state index in [4.69, 9.17) is 14.6 Å². The minimum Gasteiger partial charge on any atom is -0.482 e. The summed E-state index contributed by atoms with van der Waals surface area (Å²) in [6.45, 7) is 0.552. The lowest BCUT2D eigenvalue weighted by atomic mass is 9.85. The quantitative estimate of drug-likeness (QED) is 0.488. The van der Waals surface area contributed by atoms with Gasteiger partial charge in [-0.25, -0.2) is 9.59 Å². The van der Waals surface area contributed by atoms with Gasteiger partial charge in [0.15, 0.2) is 6.61 Å². The van der Waals surface area contributed by atoms with E-state index in [1.165, 1.54) is 0 Å². The first-order chi connectivity index (χ1) is 16.1. The van der Waals surface area contributed by atoms with E-state index in [0.717, 1.165) is 29.5 Å². The molecule has 6 heteroatoms. The van der Waals surface area contributed by atoms with Crippen LogP contribution in [-0.2, 0) is 16.0 Å². The van der Waals surface area contributed by atoms with Crippen molar-refractivity contribution >= 4 is 12.1 Å². The fourth-order valence-corrected chi connectivity index (χ4v) is 4.35. The van der Waals surface area contributed by atoms with Gasteiger partial charge in [0.2, 0.25) is 0 Å². The number of benzene rings is 3. The van der Waals surface area contributed by atoms with Gasteiger partial charge < -0.3 is 19.5 Å². The first-order valence-corrected chi connectivity index (χ1v) is 11.1. The number of carboxylic acids is 1. The van der Waals surface area contributed by atoms with Gasteiger partial charge >= 0.3 is 12.1 Å². The average Bonchev–Trinajstić information content (AvgIpc) is 3.19. The van der Waals surface area contributed by atoms with Crippen molar-refractivity contribution in [3.63, 3.8) is 0 Å². The molecule has 1 fully saturated rings. The minimum absolute atomic E-state index is 0.0200. The number of hydrogen-bond donors (Lipinski definition) is 1. The third kappa shape index (κ3) is 5.71. The van der Waals surface area contributed by atoms with Gasteiger partial charge in [-0.2, -0.15) is 0 Å². The molecule has 33 heavy (non-hydrogen) atoms. The molecule has 4 rings (SSSR count). The predicted octanol–water partition coefficient (Wildman–Crippen LogP) is 4.74. The molecule has 1 saturated heterocycles. The summed E-state index contributed by atoms with van der Waals surface area (Å²) in [4.78, 5) is 25.2. The number of carbonyl (C=O) groups is 2. The fourth-order valence-electron chi connectivity index (χ4n) is 4.35. The Morgan fingerprint density at radius 1 is 1.00 bits per heavy atom. The van der Waals surface area contributed by atoms with Crippen LogP contribution in [0.5, 0.6) is 5.75 Å². The van der Waals surface area contributed by atoms with Crippen LogP contribution >= 0.6 is 0 Å². The van der Waals surface area contributed by atoms with E-state index >= 15 is 0 Å². The molecule has 1 amide bonds. The standard InChI is InChI=1S/C27H27NO5/c29-25(30)19-32-23-15-7-9-20(17-23)10-8-16-28-24(18-33-27(28)31)26(21-11-3-1-4-12-21)22-13-5-2-6-14-22/h1-7,9,11-15,17,24,26H,8,10,16,18-19H2,(H,29,30)/t24-/m0/s1. The number of carbonyl (C=O) groups excluding carboxylic acids is 1. The number of hydrogen-bond acceptors (Lipinski definition) is 4. The van der Waals surface area contributed by atoms with Crippen molar-refractivity contribution in [2.75, 3.05) is 19.8 Å². The highest BCUT2D eigenvalue weighted by Gasteiger charge is 2.39. The third-order valence-corrected chi connectivity index (χ3v) is 5.84. The number of cyclic esters (lactones) is 1. The Kier molecular flexibility index (Phi) is 7.25. The monoisotopic (exact) mass is 445 g/mol. The van der Waals surface area contributed by atoms with Crippen LogP contribution in [0, 0.1) is 0 Å². The molecule has 1 heterocycles. The Bertz CT molecular complexity index is 1030. The molecule has 0 saturated carbocycles. The lowest BCUT2D eigenvalue weighted by Gasteiger charge is -2.30. The summed E-state index contributed by atoms with van der Waals surface area (Å²) in [5.74, 6) is -0.460. The maximum absolute atomic E-state index is 12.6. The van der Waals surface area contributed by atoms with Gasteiger partial charge in [0.25, 0.3) is 0 Å². The summed E-state index contributed by atoms with van der Waals surface area (Å²) < 4.78 is 10.8. The lowest BCUT2D eigenvalue weighted by molar-refractivity contribution is -0.139. The number of ether oxygens (including phenoxy) is 2. The van der Waals surface area contributed by atoms with Gasteiger partial charge in [-0.1, -0.05) is 72.8 Å². The molecule has 1 aliphatic heterocycles. The molecule has 0 aromatic heterocycles. The van der Waals surface area contributed by atoms with Crippen LogP contribution in [0.25, 0.3) is 0 Å². The molecule has 1 aliphatic rings. The maximum atomic E-state index is 12.6. The Hall–Kier alpha value is -3.80. The van der Waals surface area contributed by atoms with E-state index in [9.17, 15) is 9.59 Å². The van der Waals surface area contributed by atoms with E-state index in [0.29, 0.717) is 18.9 Å². The molecular weight excluding hydrogens is 418 g/mol. The summed E-state index contributed by atoms with van der Waals surface area (Å²) >= 11 is 0. The van der Waals surface area contributed by atoms with Crippen LogP contribution in [0.4, 0.5) is 4.79 Å². The Labute approximate surface area is 193 Å². The first kappa shape index (κ1) is 22.4. The SMILES string of the molecule is O=C(O)COc1cccc(CCCN2C(=O)OC[C@H]2C(c2ccccc2)c2ccccc2)c1. The fraction of sp³-hybridized carbons (Fsp3) is 0.259. The number of aliphatic carboxylic acids is 1. The van der Waals surface area contributed by atoms with E-state index in [1.807, 2.05) is 59.5 Å². The third-order valence-electron chi connectivity index (χ3n) is 5.84. The highest BCUT2D eigenvalue weighted by atomic mass is 16.6. The zero-order chi connectivity index (χ0) is 23.0. The molecule has 0 unspecified atom stereocenters. The number of carboxylic acid groups (broad SMARTS) is 1. The minimum atomic E-state index is -1.01. The highest BCUT2D eigenvalue weighted by molar-refractivity contribution is 5.70. The van der Waals surface area contributed by atoms with Gasteiger partial charge in [0.1, 0.15) is 12.4 Å². The highest BCUT2D eigenvalue weighted by Crippen LogP contribution is 2.34. The summed E-state index contributed by atoms with van der Waals surface area (Å²) in [7, 11) is 0. The van der Waals surface area contributed by atoms with Crippen LogP contribution in [0.2, 0.25) is 0 Å². The molecule has 0 bridgehead atoms. The number of amides is 1. The maximum Gasteiger partial charge on any atom is 0.410 e. The Morgan fingerprint density at radius 2 is 1.67 bits per heavy atom. The zero-order valence-corrected chi connectivity index (χ0v) is 18.3. The molecule has 0 aliphatic carbocycles. The number of aryl methyl sites for hydroxylation is 1. The van der Waals surface area contributed by atoms with E-state index in [1.54, 1.807) is 6.07 Å². The second kappa shape index (κ2) is 10.7. The summed E-state index contributed by atoms with van der Waals surface area (Å²) in [5, 5.41) is 8.79. The second-order valence-corrected chi connectivity index (χ2v) is 8.07. The molecule has 170 valence electrons. The van der Waals surface area contributed by atoms with Gasteiger partial charge in [-0.05, 0) is 41.7 Å². The van der Waals surface area contributed by atoms with Crippen molar-refractivity contribution in [1.29, 1.82) is 0 Å². The van der Waals surface area contributed by atoms with Crippen LogP contribution in [0.1, 0.15) is 29.0 Å². The van der Waals surface area contributed by atoms with Gasteiger partial charge in [0, 0.05) is 12.5 Å². The van der Waals surface area contributed by atoms with Crippen molar-refractivity contribution in [1.82, 2.24) is 4.90 Å². The first-order valence-electron chi connectivity index (χ1n) is 11.1. The second-order valence-electron chi connectivity index (χ2n) is 8.07. The average molecular weight is 446 g/mol. The zero-order valence-electron chi connectivity index (χ0n) is 18.3. The topological polar surface area (TPSA) is 76.1 Å².